The molecule has 0 aliphatic heterocycles. The van der Waals surface area contributed by atoms with E-state index in [1.165, 1.54) is 57.8 Å². The molecule has 9 atom stereocenters. The molecule has 1 N–H and O–H groups in total. The van der Waals surface area contributed by atoms with Gasteiger partial charge in [-0.05, 0) is 102 Å². The molecule has 0 amide bonds. The van der Waals surface area contributed by atoms with Crippen molar-refractivity contribution in [2.75, 3.05) is 32.6 Å². The van der Waals surface area contributed by atoms with E-state index in [4.69, 9.17) is 19.1 Å². The van der Waals surface area contributed by atoms with Gasteiger partial charge in [-0.2, -0.15) is 4.89 Å². The molecule has 4 rings (SSSR count). The second-order valence-electron chi connectivity index (χ2n) is 14.7. The van der Waals surface area contributed by atoms with Crippen LogP contribution in [0.25, 0.3) is 0 Å². The molecule has 41 heavy (non-hydrogen) atoms. The first-order valence-electron chi connectivity index (χ1n) is 16.7. The SMILES string of the molecule is CC(C)CCC[C@@H](C)[C@H]1CC[C@H]2[C@@H]3CC=C4C[C@@H](OCCOCCOC(=O)CC[P+](=O)O)CC[C@]4(C)[C@H]3CC[C@]12C. The minimum absolute atomic E-state index is 0.0366. The van der Waals surface area contributed by atoms with E-state index >= 15 is 0 Å². The fourth-order valence-electron chi connectivity index (χ4n) is 9.64. The minimum atomic E-state index is -2.29. The number of hydrogen-bond donors (Lipinski definition) is 1. The van der Waals surface area contributed by atoms with Crippen LogP contribution < -0.4 is 0 Å². The summed E-state index contributed by atoms with van der Waals surface area (Å²) in [5.74, 6) is 4.74. The fourth-order valence-corrected chi connectivity index (χ4v) is 10.0. The number of allylic oxidation sites excluding steroid dienone is 1. The van der Waals surface area contributed by atoms with Crippen LogP contribution in [0.15, 0.2) is 11.6 Å². The van der Waals surface area contributed by atoms with E-state index in [1.807, 2.05) is 0 Å². The Morgan fingerprint density at radius 1 is 1.02 bits per heavy atom. The van der Waals surface area contributed by atoms with Crippen molar-refractivity contribution in [2.24, 2.45) is 46.3 Å². The third-order valence-electron chi connectivity index (χ3n) is 11.8. The topological polar surface area (TPSA) is 82.1 Å². The molecule has 4 aliphatic carbocycles. The van der Waals surface area contributed by atoms with Crippen molar-refractivity contribution >= 4 is 14.0 Å². The van der Waals surface area contributed by atoms with Crippen LogP contribution in [-0.2, 0) is 23.6 Å². The molecule has 3 fully saturated rings. The van der Waals surface area contributed by atoms with Gasteiger partial charge in [-0.15, -0.1) is 0 Å². The molecule has 0 aromatic rings. The van der Waals surface area contributed by atoms with Gasteiger partial charge in [-0.3, -0.25) is 4.79 Å². The van der Waals surface area contributed by atoms with E-state index < -0.39 is 14.0 Å². The number of carbonyl (C=O) groups is 1. The standard InChI is InChI=1S/C34H57O6P/c1-24(2)7-6-8-25(3)29-11-12-30-28-10-9-26-23-27(13-16-33(26,4)31(28)14-17-34(29,30)5)39-20-18-38-19-21-40-32(35)15-22-41(36)37/h9,24-25,27-31H,6-8,10-23H2,1-5H3/p+1/t25-,27+,28+,29-,30+,31+,33+,34-/m1/s1. The fraction of sp³-hybridized carbons (Fsp3) is 0.912. The average molecular weight is 594 g/mol. The summed E-state index contributed by atoms with van der Waals surface area (Å²) in [6.45, 7) is 14.1. The van der Waals surface area contributed by atoms with Gasteiger partial charge in [-0.1, -0.05) is 65.5 Å². The third-order valence-corrected chi connectivity index (χ3v) is 12.4. The lowest BCUT2D eigenvalue weighted by atomic mass is 9.47. The van der Waals surface area contributed by atoms with Gasteiger partial charge < -0.3 is 14.2 Å². The average Bonchev–Trinajstić information content (AvgIpc) is 3.28. The van der Waals surface area contributed by atoms with E-state index in [1.54, 1.807) is 5.57 Å². The van der Waals surface area contributed by atoms with Gasteiger partial charge >= 0.3 is 14.0 Å². The number of carbonyl (C=O) groups excluding carboxylic acids is 1. The number of hydrogen-bond acceptors (Lipinski definition) is 5. The lowest BCUT2D eigenvalue weighted by Gasteiger charge is -2.58. The summed E-state index contributed by atoms with van der Waals surface area (Å²) in [6.07, 6.45) is 17.4. The molecule has 234 valence electrons. The molecule has 0 saturated heterocycles. The number of fused-ring (bicyclic) bond motifs is 5. The van der Waals surface area contributed by atoms with Crippen LogP contribution in [0.4, 0.5) is 0 Å². The zero-order valence-electron chi connectivity index (χ0n) is 26.6. The van der Waals surface area contributed by atoms with Crippen molar-refractivity contribution in [1.29, 1.82) is 0 Å². The highest BCUT2D eigenvalue weighted by Crippen LogP contribution is 2.67. The quantitative estimate of drug-likeness (QED) is 0.0894. The first-order chi connectivity index (χ1) is 19.5. The van der Waals surface area contributed by atoms with Crippen molar-refractivity contribution < 1.29 is 28.5 Å². The molecule has 0 heterocycles. The summed E-state index contributed by atoms with van der Waals surface area (Å²) in [5.41, 5.74) is 2.54. The van der Waals surface area contributed by atoms with E-state index in [2.05, 4.69) is 40.7 Å². The molecular weight excluding hydrogens is 535 g/mol. The Hall–Kier alpha value is -0.810. The Kier molecular flexibility index (Phi) is 11.9. The van der Waals surface area contributed by atoms with Crippen LogP contribution in [0, 0.1) is 46.3 Å². The monoisotopic (exact) mass is 593 g/mol. The lowest BCUT2D eigenvalue weighted by molar-refractivity contribution is -0.145. The molecule has 0 radical (unpaired) electrons. The van der Waals surface area contributed by atoms with Crippen LogP contribution in [0.2, 0.25) is 0 Å². The maximum Gasteiger partial charge on any atom is 0.506 e. The van der Waals surface area contributed by atoms with Crippen molar-refractivity contribution in [2.45, 2.75) is 118 Å². The van der Waals surface area contributed by atoms with Gasteiger partial charge in [0.15, 0.2) is 6.16 Å². The van der Waals surface area contributed by atoms with Crippen molar-refractivity contribution in [3.8, 4) is 0 Å². The second kappa shape index (κ2) is 14.8. The van der Waals surface area contributed by atoms with E-state index in [-0.39, 0.29) is 25.3 Å². The largest absolute Gasteiger partial charge is 0.506 e. The summed E-state index contributed by atoms with van der Waals surface area (Å²) in [6, 6.07) is 0. The third kappa shape index (κ3) is 8.02. The molecule has 0 spiro atoms. The van der Waals surface area contributed by atoms with Gasteiger partial charge in [0.1, 0.15) is 6.61 Å². The summed E-state index contributed by atoms with van der Waals surface area (Å²) in [7, 11) is -2.29. The number of esters is 1. The van der Waals surface area contributed by atoms with E-state index in [9.17, 15) is 9.36 Å². The van der Waals surface area contributed by atoms with Gasteiger partial charge in [0.25, 0.3) is 0 Å². The zero-order valence-corrected chi connectivity index (χ0v) is 27.5. The second-order valence-corrected chi connectivity index (χ2v) is 15.8. The maximum absolute atomic E-state index is 11.5. The highest BCUT2D eigenvalue weighted by molar-refractivity contribution is 7.38. The number of rotatable bonds is 15. The van der Waals surface area contributed by atoms with Gasteiger partial charge in [-0.25, -0.2) is 0 Å². The van der Waals surface area contributed by atoms with E-state index in [0.29, 0.717) is 30.7 Å². The lowest BCUT2D eigenvalue weighted by Crippen LogP contribution is -2.51. The summed E-state index contributed by atoms with van der Waals surface area (Å²) in [4.78, 5) is 20.3. The van der Waals surface area contributed by atoms with Gasteiger partial charge in [0, 0.05) is 0 Å². The Balaban J connectivity index is 1.21. The Bertz CT molecular complexity index is 919. The molecule has 4 aliphatic rings. The zero-order chi connectivity index (χ0) is 29.6. The van der Waals surface area contributed by atoms with Gasteiger partial charge in [0.2, 0.25) is 0 Å². The maximum atomic E-state index is 11.5. The van der Waals surface area contributed by atoms with Crippen molar-refractivity contribution in [3.05, 3.63) is 11.6 Å². The highest BCUT2D eigenvalue weighted by atomic mass is 31.1. The first kappa shape index (κ1) is 33.1. The Morgan fingerprint density at radius 3 is 2.56 bits per heavy atom. The molecule has 6 nitrogen and oxygen atoms in total. The smallest absolute Gasteiger partial charge is 0.463 e. The first-order valence-corrected chi connectivity index (χ1v) is 18.1. The molecule has 3 saturated carbocycles. The van der Waals surface area contributed by atoms with Crippen molar-refractivity contribution in [1.82, 2.24) is 0 Å². The summed E-state index contributed by atoms with van der Waals surface area (Å²) >= 11 is 0. The summed E-state index contributed by atoms with van der Waals surface area (Å²) in [5, 5.41) is 0. The molecule has 1 unspecified atom stereocenters. The molecule has 7 heteroatoms. The molecule has 0 aromatic carbocycles. The van der Waals surface area contributed by atoms with Crippen LogP contribution in [0.5, 0.6) is 0 Å². The molecular formula is C34H58O6P+. The van der Waals surface area contributed by atoms with Gasteiger partial charge in [0.05, 0.1) is 32.3 Å². The Labute approximate surface area is 250 Å². The summed E-state index contributed by atoms with van der Waals surface area (Å²) < 4.78 is 27.5. The van der Waals surface area contributed by atoms with Crippen LogP contribution in [-0.4, -0.2) is 49.6 Å². The minimum Gasteiger partial charge on any atom is -0.463 e. The number of ether oxygens (including phenoxy) is 3. The highest BCUT2D eigenvalue weighted by Gasteiger charge is 2.59. The van der Waals surface area contributed by atoms with E-state index in [0.717, 1.165) is 48.3 Å². The normalized spacial score (nSPS) is 35.7. The van der Waals surface area contributed by atoms with Crippen LogP contribution in [0.1, 0.15) is 112 Å². The van der Waals surface area contributed by atoms with Crippen LogP contribution >= 0.6 is 8.03 Å². The Morgan fingerprint density at radius 2 is 1.80 bits per heavy atom. The van der Waals surface area contributed by atoms with Crippen LogP contribution in [0.3, 0.4) is 0 Å². The predicted octanol–water partition coefficient (Wildman–Crippen LogP) is 8.10. The molecule has 0 aromatic heterocycles. The molecule has 0 bridgehead atoms. The predicted molar refractivity (Wildman–Crippen MR) is 164 cm³/mol. The van der Waals surface area contributed by atoms with Crippen molar-refractivity contribution in [3.63, 3.8) is 0 Å².